The van der Waals surface area contributed by atoms with Gasteiger partial charge in [0.15, 0.2) is 0 Å². The lowest BCUT2D eigenvalue weighted by Gasteiger charge is -2.21. The van der Waals surface area contributed by atoms with Gasteiger partial charge >= 0.3 is 0 Å². The van der Waals surface area contributed by atoms with Crippen LogP contribution in [0.3, 0.4) is 0 Å². The fourth-order valence-electron chi connectivity index (χ4n) is 0.729. The van der Waals surface area contributed by atoms with Gasteiger partial charge in [0.25, 0.3) is 0 Å². The van der Waals surface area contributed by atoms with Crippen molar-refractivity contribution in [2.24, 2.45) is 0 Å². The molecule has 1 unspecified atom stereocenters. The van der Waals surface area contributed by atoms with Crippen molar-refractivity contribution in [3.05, 3.63) is 0 Å². The minimum absolute atomic E-state index is 0.0916. The van der Waals surface area contributed by atoms with Gasteiger partial charge in [-0.15, -0.1) is 4.72 Å². The first-order valence-electron chi connectivity index (χ1n) is 3.03. The van der Waals surface area contributed by atoms with Crippen molar-refractivity contribution in [1.82, 2.24) is 9.62 Å². The molecule has 1 saturated heterocycles. The number of nitrogens with one attached hydrogen (secondary N) is 1. The lowest BCUT2D eigenvalue weighted by molar-refractivity contribution is 0.328. The zero-order chi connectivity index (χ0) is 6.69. The molecule has 9 heavy (non-hydrogen) atoms. The molecule has 54 valence electrons. The van der Waals surface area contributed by atoms with Gasteiger partial charge in [0.1, 0.15) is 16.8 Å². The Kier molecular flexibility index (Phi) is 2.78. The van der Waals surface area contributed by atoms with Crippen molar-refractivity contribution < 1.29 is 5.11 Å². The SMILES string of the molecule is CN1CC[S+](CO)NC1. The van der Waals surface area contributed by atoms with Crippen molar-refractivity contribution in [2.45, 2.75) is 0 Å². The molecule has 0 aliphatic carbocycles. The second-order valence-electron chi connectivity index (χ2n) is 2.21. The van der Waals surface area contributed by atoms with Crippen LogP contribution in [0.1, 0.15) is 0 Å². The highest BCUT2D eigenvalue weighted by molar-refractivity contribution is 7.94. The quantitative estimate of drug-likeness (QED) is 0.468. The van der Waals surface area contributed by atoms with Crippen molar-refractivity contribution in [2.75, 3.05) is 32.0 Å². The Balaban J connectivity index is 2.18. The summed E-state index contributed by atoms with van der Waals surface area (Å²) in [6.45, 7) is 2.03. The molecule has 1 rings (SSSR count). The van der Waals surface area contributed by atoms with Crippen LogP contribution in [0.4, 0.5) is 0 Å². The van der Waals surface area contributed by atoms with Crippen LogP contribution >= 0.6 is 0 Å². The Morgan fingerprint density at radius 1 is 1.78 bits per heavy atom. The van der Waals surface area contributed by atoms with E-state index in [0.717, 1.165) is 19.0 Å². The maximum Gasteiger partial charge on any atom is 0.225 e. The Bertz CT molecular complexity index is 83.0. The average molecular weight is 149 g/mol. The number of hydrogen-bond donors (Lipinski definition) is 2. The Morgan fingerprint density at radius 2 is 2.56 bits per heavy atom. The molecular weight excluding hydrogens is 136 g/mol. The summed E-state index contributed by atoms with van der Waals surface area (Å²) in [4.78, 5) is 2.21. The highest BCUT2D eigenvalue weighted by Crippen LogP contribution is 1.97. The molecule has 0 saturated carbocycles. The van der Waals surface area contributed by atoms with Crippen LogP contribution in [0.25, 0.3) is 0 Å². The van der Waals surface area contributed by atoms with E-state index in [0.29, 0.717) is 5.94 Å². The average Bonchev–Trinajstić information content (AvgIpc) is 1.90. The minimum Gasteiger partial charge on any atom is -0.350 e. The van der Waals surface area contributed by atoms with E-state index >= 15 is 0 Å². The molecule has 0 aromatic rings. The Labute approximate surface area is 58.5 Å². The van der Waals surface area contributed by atoms with Crippen LogP contribution in [0, 0.1) is 0 Å². The zero-order valence-corrected chi connectivity index (χ0v) is 6.45. The van der Waals surface area contributed by atoms with E-state index < -0.39 is 0 Å². The summed E-state index contributed by atoms with van der Waals surface area (Å²) in [6.07, 6.45) is 0. The molecule has 3 nitrogen and oxygen atoms in total. The third kappa shape index (κ3) is 2.14. The van der Waals surface area contributed by atoms with Crippen LogP contribution in [0.5, 0.6) is 0 Å². The third-order valence-corrected chi connectivity index (χ3v) is 2.94. The topological polar surface area (TPSA) is 35.5 Å². The summed E-state index contributed by atoms with van der Waals surface area (Å²) in [5.74, 6) is 1.39. The van der Waals surface area contributed by atoms with Gasteiger partial charge in [0, 0.05) is 6.54 Å². The molecule has 0 bridgehead atoms. The van der Waals surface area contributed by atoms with Crippen molar-refractivity contribution in [1.29, 1.82) is 0 Å². The van der Waals surface area contributed by atoms with E-state index in [9.17, 15) is 0 Å². The fourth-order valence-corrected chi connectivity index (χ4v) is 2.03. The Hall–Kier alpha value is 0.230. The smallest absolute Gasteiger partial charge is 0.225 e. The molecule has 0 aromatic carbocycles. The van der Waals surface area contributed by atoms with Crippen molar-refractivity contribution >= 4 is 11.1 Å². The van der Waals surface area contributed by atoms with Gasteiger partial charge in [0.2, 0.25) is 5.94 Å². The van der Waals surface area contributed by atoms with Crippen molar-refractivity contribution in [3.8, 4) is 0 Å². The molecule has 1 aliphatic rings. The van der Waals surface area contributed by atoms with Gasteiger partial charge < -0.3 is 5.11 Å². The highest BCUT2D eigenvalue weighted by Gasteiger charge is 2.22. The van der Waals surface area contributed by atoms with E-state index in [-0.39, 0.29) is 11.1 Å². The molecular formula is C5H13N2OS+. The summed E-state index contributed by atoms with van der Waals surface area (Å²) < 4.78 is 3.22. The normalized spacial score (nSPS) is 30.7. The van der Waals surface area contributed by atoms with Crippen molar-refractivity contribution in [3.63, 3.8) is 0 Å². The van der Waals surface area contributed by atoms with Crippen LogP contribution in [0.2, 0.25) is 0 Å². The largest absolute Gasteiger partial charge is 0.350 e. The molecule has 0 spiro atoms. The number of aliphatic hydroxyl groups is 1. The molecule has 1 heterocycles. The van der Waals surface area contributed by atoms with Gasteiger partial charge in [-0.1, -0.05) is 0 Å². The first kappa shape index (κ1) is 7.34. The van der Waals surface area contributed by atoms with Gasteiger partial charge in [-0.3, -0.25) is 4.90 Å². The maximum absolute atomic E-state index is 8.71. The summed E-state index contributed by atoms with van der Waals surface area (Å²) >= 11 is 0.0916. The maximum atomic E-state index is 8.71. The lowest BCUT2D eigenvalue weighted by atomic mass is 10.6. The van der Waals surface area contributed by atoms with Crippen LogP contribution in [-0.2, 0) is 11.1 Å². The zero-order valence-electron chi connectivity index (χ0n) is 5.63. The molecule has 4 heteroatoms. The molecule has 2 N–H and O–H groups in total. The summed E-state index contributed by atoms with van der Waals surface area (Å²) in [7, 11) is 2.07. The molecule has 1 fully saturated rings. The molecule has 1 atom stereocenters. The van der Waals surface area contributed by atoms with E-state index in [1.807, 2.05) is 0 Å². The summed E-state index contributed by atoms with van der Waals surface area (Å²) in [5, 5.41) is 8.71. The van der Waals surface area contributed by atoms with Crippen LogP contribution in [0.15, 0.2) is 0 Å². The monoisotopic (exact) mass is 149 g/mol. The second-order valence-corrected chi connectivity index (χ2v) is 4.15. The number of nitrogens with zero attached hydrogens (tertiary/aromatic N) is 1. The number of hydrogen-bond acceptors (Lipinski definition) is 3. The predicted octanol–water partition coefficient (Wildman–Crippen LogP) is -1.04. The summed E-state index contributed by atoms with van der Waals surface area (Å²) in [6, 6.07) is 0. The van der Waals surface area contributed by atoms with Gasteiger partial charge in [-0.25, -0.2) is 0 Å². The Morgan fingerprint density at radius 3 is 3.00 bits per heavy atom. The predicted molar refractivity (Wildman–Crippen MR) is 40.0 cm³/mol. The van der Waals surface area contributed by atoms with Gasteiger partial charge in [0.05, 0.1) is 6.67 Å². The van der Waals surface area contributed by atoms with Crippen LogP contribution < -0.4 is 4.72 Å². The van der Waals surface area contributed by atoms with E-state index in [2.05, 4.69) is 16.7 Å². The van der Waals surface area contributed by atoms with Gasteiger partial charge in [-0.05, 0) is 7.05 Å². The van der Waals surface area contributed by atoms with Crippen LogP contribution in [-0.4, -0.2) is 42.0 Å². The van der Waals surface area contributed by atoms with Gasteiger partial charge in [-0.2, -0.15) is 0 Å². The fraction of sp³-hybridized carbons (Fsp3) is 1.00. The first-order valence-corrected chi connectivity index (χ1v) is 4.59. The number of aliphatic hydroxyl groups excluding tert-OH is 1. The highest BCUT2D eigenvalue weighted by atomic mass is 32.2. The standard InChI is InChI=1S/C5H13N2OS/c1-7-2-3-9(5-8)6-4-7/h6,8H,2-5H2,1H3/q+1. The van der Waals surface area contributed by atoms with E-state index in [4.69, 9.17) is 5.11 Å². The minimum atomic E-state index is 0.0916. The number of rotatable bonds is 1. The van der Waals surface area contributed by atoms with E-state index in [1.54, 1.807) is 0 Å². The molecule has 0 aromatic heterocycles. The summed E-state index contributed by atoms with van der Waals surface area (Å²) in [5.41, 5.74) is 0. The first-order chi connectivity index (χ1) is 4.33. The lowest BCUT2D eigenvalue weighted by Crippen LogP contribution is -2.46. The molecule has 0 radical (unpaired) electrons. The second kappa shape index (κ2) is 3.41. The molecule has 1 aliphatic heterocycles. The van der Waals surface area contributed by atoms with E-state index in [1.165, 1.54) is 0 Å². The third-order valence-electron chi connectivity index (χ3n) is 1.41. The molecule has 0 amide bonds.